The van der Waals surface area contributed by atoms with Gasteiger partial charge in [-0.1, -0.05) is 35.5 Å². The van der Waals surface area contributed by atoms with Gasteiger partial charge < -0.3 is 9.64 Å². The van der Waals surface area contributed by atoms with E-state index in [2.05, 4.69) is 56.4 Å². The fourth-order valence-electron chi connectivity index (χ4n) is 5.10. The molecule has 1 aliphatic rings. The molecule has 0 saturated carbocycles. The number of nitrogens with one attached hydrogen (secondary N) is 1. The highest BCUT2D eigenvalue weighted by molar-refractivity contribution is 5.77. The van der Waals surface area contributed by atoms with Crippen LogP contribution in [0, 0.1) is 13.8 Å². The molecule has 0 atom stereocenters. The molecule has 0 radical (unpaired) electrons. The number of imidazole rings is 1. The van der Waals surface area contributed by atoms with Crippen molar-refractivity contribution in [3.8, 4) is 6.01 Å². The highest BCUT2D eigenvalue weighted by Crippen LogP contribution is 2.37. The van der Waals surface area contributed by atoms with Crippen molar-refractivity contribution >= 4 is 22.5 Å². The molecule has 9 heteroatoms. The Balaban J connectivity index is 1.41. The third-order valence-corrected chi connectivity index (χ3v) is 6.68. The molecule has 4 heterocycles. The van der Waals surface area contributed by atoms with Crippen LogP contribution in [0.2, 0.25) is 0 Å². The molecule has 5 aromatic rings. The Labute approximate surface area is 207 Å². The van der Waals surface area contributed by atoms with Crippen LogP contribution in [0.15, 0.2) is 57.8 Å². The minimum atomic E-state index is -0.552. The molecule has 1 aliphatic heterocycles. The Kier molecular flexibility index (Phi) is 5.32. The molecule has 0 saturated heterocycles. The quantitative estimate of drug-likeness (QED) is 0.400. The van der Waals surface area contributed by atoms with Gasteiger partial charge in [-0.3, -0.25) is 14.1 Å². The van der Waals surface area contributed by atoms with Crippen molar-refractivity contribution in [3.05, 3.63) is 92.9 Å². The van der Waals surface area contributed by atoms with Crippen LogP contribution >= 0.6 is 0 Å². The molecular formula is C27H26N6O3. The van der Waals surface area contributed by atoms with Crippen molar-refractivity contribution in [1.29, 1.82) is 0 Å². The van der Waals surface area contributed by atoms with E-state index in [9.17, 15) is 4.79 Å². The van der Waals surface area contributed by atoms with Crippen LogP contribution in [-0.2, 0) is 25.9 Å². The Bertz CT molecular complexity index is 1650. The zero-order chi connectivity index (χ0) is 24.8. The lowest BCUT2D eigenvalue weighted by Gasteiger charge is -2.26. The third-order valence-electron chi connectivity index (χ3n) is 6.68. The van der Waals surface area contributed by atoms with Gasteiger partial charge in [-0.2, -0.15) is 4.98 Å². The maximum atomic E-state index is 11.5. The summed E-state index contributed by atoms with van der Waals surface area (Å²) in [7, 11) is 1.64. The number of hydrogen-bond donors (Lipinski definition) is 1. The van der Waals surface area contributed by atoms with Gasteiger partial charge in [0.25, 0.3) is 6.01 Å². The van der Waals surface area contributed by atoms with Crippen molar-refractivity contribution in [1.82, 2.24) is 24.7 Å². The maximum absolute atomic E-state index is 11.5. The highest BCUT2D eigenvalue weighted by Gasteiger charge is 2.23. The summed E-state index contributed by atoms with van der Waals surface area (Å²) in [5.74, 6) is -0.0672. The monoisotopic (exact) mass is 482 g/mol. The Morgan fingerprint density at radius 3 is 2.61 bits per heavy atom. The number of nitrogens with zero attached hydrogens (tertiary/aromatic N) is 5. The lowest BCUT2D eigenvalue weighted by molar-refractivity contribution is 0.363. The van der Waals surface area contributed by atoms with Crippen molar-refractivity contribution in [2.45, 2.75) is 39.8 Å². The lowest BCUT2D eigenvalue weighted by atomic mass is 10.0. The van der Waals surface area contributed by atoms with Gasteiger partial charge in [0, 0.05) is 17.1 Å². The van der Waals surface area contributed by atoms with Crippen molar-refractivity contribution in [3.63, 3.8) is 0 Å². The number of ether oxygens (including phenoxy) is 1. The van der Waals surface area contributed by atoms with E-state index in [-0.39, 0.29) is 0 Å². The summed E-state index contributed by atoms with van der Waals surface area (Å²) in [5.41, 5.74) is 9.49. The topological polar surface area (TPSA) is 102 Å². The van der Waals surface area contributed by atoms with E-state index in [1.54, 1.807) is 7.11 Å². The number of pyridine rings is 1. The minimum absolute atomic E-state index is 0.400. The largest absolute Gasteiger partial charge is 0.468 e. The van der Waals surface area contributed by atoms with Gasteiger partial charge in [0.2, 0.25) is 0 Å². The van der Waals surface area contributed by atoms with E-state index in [1.165, 1.54) is 11.1 Å². The molecule has 3 aromatic heterocycles. The van der Waals surface area contributed by atoms with Gasteiger partial charge >= 0.3 is 5.76 Å². The zero-order valence-corrected chi connectivity index (χ0v) is 20.4. The number of anilines is 2. The van der Waals surface area contributed by atoms with Crippen LogP contribution in [0.5, 0.6) is 6.01 Å². The predicted octanol–water partition coefficient (Wildman–Crippen LogP) is 4.22. The number of H-pyrrole nitrogens is 1. The van der Waals surface area contributed by atoms with E-state index in [1.807, 2.05) is 30.5 Å². The number of aryl methyl sites for hydroxylation is 4. The fraction of sp³-hybridized carbons (Fsp3) is 0.259. The molecule has 1 N–H and O–H groups in total. The van der Waals surface area contributed by atoms with Crippen molar-refractivity contribution in [2.75, 3.05) is 12.0 Å². The zero-order valence-electron chi connectivity index (χ0n) is 20.4. The second kappa shape index (κ2) is 8.67. The van der Waals surface area contributed by atoms with Crippen molar-refractivity contribution < 1.29 is 9.26 Å². The normalized spacial score (nSPS) is 12.9. The summed E-state index contributed by atoms with van der Waals surface area (Å²) in [6.45, 7) is 5.03. The summed E-state index contributed by atoms with van der Waals surface area (Å²) in [6.07, 6.45) is 1.81. The van der Waals surface area contributed by atoms with Crippen LogP contribution in [0.25, 0.3) is 11.2 Å². The van der Waals surface area contributed by atoms with Crippen LogP contribution in [0.4, 0.5) is 11.4 Å². The van der Waals surface area contributed by atoms with E-state index in [4.69, 9.17) is 14.2 Å². The van der Waals surface area contributed by atoms with E-state index < -0.39 is 5.76 Å². The van der Waals surface area contributed by atoms with E-state index >= 15 is 0 Å². The molecule has 0 bridgehead atoms. The first-order valence-electron chi connectivity index (χ1n) is 11.9. The number of rotatable bonds is 5. The minimum Gasteiger partial charge on any atom is -0.468 e. The predicted molar refractivity (Wildman–Crippen MR) is 136 cm³/mol. The van der Waals surface area contributed by atoms with Gasteiger partial charge in [-0.25, -0.2) is 9.78 Å². The molecule has 36 heavy (non-hydrogen) atoms. The van der Waals surface area contributed by atoms with Crippen LogP contribution < -0.4 is 15.4 Å². The molecule has 0 unspecified atom stereocenters. The molecule has 182 valence electrons. The van der Waals surface area contributed by atoms with E-state index in [0.29, 0.717) is 24.9 Å². The fourth-order valence-corrected chi connectivity index (χ4v) is 5.10. The molecule has 2 aromatic carbocycles. The number of aromatic amines is 1. The lowest BCUT2D eigenvalue weighted by Crippen LogP contribution is -2.19. The van der Waals surface area contributed by atoms with Gasteiger partial charge in [0.15, 0.2) is 11.5 Å². The van der Waals surface area contributed by atoms with E-state index in [0.717, 1.165) is 52.2 Å². The number of aromatic nitrogens is 5. The number of benzene rings is 2. The second-order valence-corrected chi connectivity index (χ2v) is 9.16. The molecular weight excluding hydrogens is 456 g/mol. The molecule has 0 fully saturated rings. The smallest absolute Gasteiger partial charge is 0.438 e. The van der Waals surface area contributed by atoms with Gasteiger partial charge in [-0.15, -0.1) is 0 Å². The average molecular weight is 483 g/mol. The van der Waals surface area contributed by atoms with Gasteiger partial charge in [-0.05, 0) is 67.1 Å². The maximum Gasteiger partial charge on any atom is 0.438 e. The summed E-state index contributed by atoms with van der Waals surface area (Å²) in [6, 6.07) is 17.4. The number of fused-ring (bicyclic) bond motifs is 3. The summed E-state index contributed by atoms with van der Waals surface area (Å²) in [4.78, 5) is 25.9. The number of hydrogen-bond acceptors (Lipinski definition) is 7. The molecule has 0 spiro atoms. The number of methoxy groups -OCH3 is 1. The molecule has 6 rings (SSSR count). The summed E-state index contributed by atoms with van der Waals surface area (Å²) < 4.78 is 12.4. The third kappa shape index (κ3) is 3.82. The SMILES string of the molecule is COc1nc2c(C)cc(C)nc2n1Cc1ccc2c(c1)CCc1ccccc1N2Cc1noc(=O)[nH]1. The number of para-hydroxylation sites is 1. The molecule has 0 aliphatic carbocycles. The van der Waals surface area contributed by atoms with Crippen LogP contribution in [-0.4, -0.2) is 31.8 Å². The van der Waals surface area contributed by atoms with Crippen LogP contribution in [0.1, 0.15) is 33.8 Å². The van der Waals surface area contributed by atoms with Crippen LogP contribution in [0.3, 0.4) is 0 Å². The first-order chi connectivity index (χ1) is 17.5. The summed E-state index contributed by atoms with van der Waals surface area (Å²) in [5, 5.41) is 3.90. The van der Waals surface area contributed by atoms with Crippen molar-refractivity contribution in [2.24, 2.45) is 0 Å². The highest BCUT2D eigenvalue weighted by atomic mass is 16.5. The Morgan fingerprint density at radius 2 is 1.81 bits per heavy atom. The second-order valence-electron chi connectivity index (χ2n) is 9.16. The molecule has 0 amide bonds. The van der Waals surface area contributed by atoms with Gasteiger partial charge in [0.05, 0.1) is 20.2 Å². The average Bonchev–Trinajstić information content (AvgIpc) is 3.40. The van der Waals surface area contributed by atoms with Gasteiger partial charge in [0.1, 0.15) is 5.52 Å². The molecule has 9 nitrogen and oxygen atoms in total. The Hall–Kier alpha value is -4.40. The summed E-state index contributed by atoms with van der Waals surface area (Å²) >= 11 is 0. The standard InChI is InChI=1S/C27H26N6O3/c1-16-12-17(2)28-25-24(16)30-26(35-3)33(25)14-18-8-11-22-20(13-18)10-9-19-6-4-5-7-21(19)32(22)15-23-29-27(34)36-31-23/h4-8,11-13H,9-10,14-15H2,1-3H3,(H,29,31,34). The first kappa shape index (κ1) is 22.1. The first-order valence-corrected chi connectivity index (χ1v) is 11.9. The Morgan fingerprint density at radius 1 is 1.00 bits per heavy atom.